The van der Waals surface area contributed by atoms with E-state index in [0.29, 0.717) is 0 Å². The molecule has 1 rings (SSSR count). The SMILES string of the molecule is CCC(CC(=O)O)NC(=O)c1c(F)c(F)c(F)c(F)c1F. The summed E-state index contributed by atoms with van der Waals surface area (Å²) in [6.07, 6.45) is -0.467. The fourth-order valence-electron chi connectivity index (χ4n) is 1.57. The molecule has 0 fully saturated rings. The molecule has 0 aliphatic carbocycles. The molecule has 0 aliphatic heterocycles. The minimum Gasteiger partial charge on any atom is -0.481 e. The first-order valence-electron chi connectivity index (χ1n) is 5.74. The topological polar surface area (TPSA) is 66.4 Å². The van der Waals surface area contributed by atoms with Crippen molar-refractivity contribution < 1.29 is 36.6 Å². The number of carboxylic acids is 1. The first-order chi connectivity index (χ1) is 9.70. The van der Waals surface area contributed by atoms with Crippen LogP contribution in [0.4, 0.5) is 22.0 Å². The van der Waals surface area contributed by atoms with Crippen LogP contribution >= 0.6 is 0 Å². The van der Waals surface area contributed by atoms with Gasteiger partial charge in [-0.3, -0.25) is 9.59 Å². The molecule has 1 amide bonds. The Labute approximate surface area is 115 Å². The molecule has 1 aromatic carbocycles. The van der Waals surface area contributed by atoms with Crippen molar-refractivity contribution in [2.45, 2.75) is 25.8 Å². The number of aliphatic carboxylic acids is 1. The lowest BCUT2D eigenvalue weighted by atomic mass is 10.1. The van der Waals surface area contributed by atoms with E-state index in [-0.39, 0.29) is 6.42 Å². The van der Waals surface area contributed by atoms with Gasteiger partial charge in [0, 0.05) is 6.04 Å². The van der Waals surface area contributed by atoms with Gasteiger partial charge < -0.3 is 10.4 Å². The number of amides is 1. The highest BCUT2D eigenvalue weighted by Gasteiger charge is 2.30. The van der Waals surface area contributed by atoms with Crippen molar-refractivity contribution in [3.05, 3.63) is 34.6 Å². The number of hydrogen-bond donors (Lipinski definition) is 2. The number of benzene rings is 1. The van der Waals surface area contributed by atoms with E-state index in [9.17, 15) is 31.5 Å². The molecule has 2 N–H and O–H groups in total. The fraction of sp³-hybridized carbons (Fsp3) is 0.333. The van der Waals surface area contributed by atoms with Gasteiger partial charge in [-0.05, 0) is 6.42 Å². The summed E-state index contributed by atoms with van der Waals surface area (Å²) in [7, 11) is 0. The number of rotatable bonds is 5. The fourth-order valence-corrected chi connectivity index (χ4v) is 1.57. The molecule has 21 heavy (non-hydrogen) atoms. The molecule has 0 radical (unpaired) electrons. The second kappa shape index (κ2) is 6.51. The van der Waals surface area contributed by atoms with Gasteiger partial charge in [0.25, 0.3) is 5.91 Å². The first-order valence-corrected chi connectivity index (χ1v) is 5.74. The smallest absolute Gasteiger partial charge is 0.305 e. The standard InChI is InChI=1S/C12H10F5NO3/c1-2-4(3-5(19)20)18-12(21)6-7(13)9(15)11(17)10(16)8(6)14/h4H,2-3H2,1H3,(H,18,21)(H,19,20). The largest absolute Gasteiger partial charge is 0.481 e. The molecule has 0 aliphatic rings. The van der Waals surface area contributed by atoms with Crippen LogP contribution in [-0.4, -0.2) is 23.0 Å². The molecule has 1 unspecified atom stereocenters. The molecular formula is C12H10F5NO3. The Bertz CT molecular complexity index is 562. The van der Waals surface area contributed by atoms with E-state index in [0.717, 1.165) is 0 Å². The lowest BCUT2D eigenvalue weighted by Gasteiger charge is -2.15. The Morgan fingerprint density at radius 1 is 1.00 bits per heavy atom. The summed E-state index contributed by atoms with van der Waals surface area (Å²) in [5.74, 6) is -14.3. The summed E-state index contributed by atoms with van der Waals surface area (Å²) < 4.78 is 65.5. The molecule has 1 aromatic rings. The number of halogens is 5. The maximum Gasteiger partial charge on any atom is 0.305 e. The second-order valence-electron chi connectivity index (χ2n) is 4.12. The van der Waals surface area contributed by atoms with Gasteiger partial charge in [0.2, 0.25) is 5.82 Å². The molecule has 4 nitrogen and oxygen atoms in total. The first kappa shape index (κ1) is 16.9. The third-order valence-electron chi connectivity index (χ3n) is 2.69. The van der Waals surface area contributed by atoms with E-state index < -0.39 is 59.0 Å². The Morgan fingerprint density at radius 2 is 1.43 bits per heavy atom. The van der Waals surface area contributed by atoms with Gasteiger partial charge in [-0.15, -0.1) is 0 Å². The number of nitrogens with one attached hydrogen (secondary N) is 1. The highest BCUT2D eigenvalue weighted by atomic mass is 19.2. The number of carboxylic acid groups (broad SMARTS) is 1. The molecule has 0 saturated heterocycles. The maximum atomic E-state index is 13.4. The van der Waals surface area contributed by atoms with Crippen molar-refractivity contribution in [2.75, 3.05) is 0 Å². The molecule has 0 saturated carbocycles. The number of carbonyl (C=O) groups excluding carboxylic acids is 1. The van der Waals surface area contributed by atoms with E-state index >= 15 is 0 Å². The zero-order valence-electron chi connectivity index (χ0n) is 10.6. The Balaban J connectivity index is 3.16. The molecule has 0 heterocycles. The van der Waals surface area contributed by atoms with E-state index in [1.165, 1.54) is 6.92 Å². The minimum atomic E-state index is -2.38. The van der Waals surface area contributed by atoms with Crippen molar-refractivity contribution in [1.82, 2.24) is 5.32 Å². The van der Waals surface area contributed by atoms with Crippen LogP contribution < -0.4 is 5.32 Å². The summed E-state index contributed by atoms with van der Waals surface area (Å²) in [5.41, 5.74) is -1.64. The lowest BCUT2D eigenvalue weighted by molar-refractivity contribution is -0.137. The Morgan fingerprint density at radius 3 is 1.81 bits per heavy atom. The normalized spacial score (nSPS) is 12.1. The van der Waals surface area contributed by atoms with Crippen molar-refractivity contribution in [2.24, 2.45) is 0 Å². The summed E-state index contributed by atoms with van der Waals surface area (Å²) in [4.78, 5) is 22.1. The van der Waals surface area contributed by atoms with Crippen LogP contribution in [0, 0.1) is 29.1 Å². The summed E-state index contributed by atoms with van der Waals surface area (Å²) in [6, 6.07) is -1.01. The van der Waals surface area contributed by atoms with Gasteiger partial charge in [0.1, 0.15) is 5.56 Å². The van der Waals surface area contributed by atoms with Gasteiger partial charge in [-0.2, -0.15) is 0 Å². The zero-order chi connectivity index (χ0) is 16.3. The molecule has 9 heteroatoms. The average molecular weight is 311 g/mol. The van der Waals surface area contributed by atoms with Crippen LogP contribution in [-0.2, 0) is 4.79 Å². The lowest BCUT2D eigenvalue weighted by Crippen LogP contribution is -2.37. The molecule has 0 bridgehead atoms. The summed E-state index contributed by atoms with van der Waals surface area (Å²) in [6.45, 7) is 1.48. The van der Waals surface area contributed by atoms with Crippen LogP contribution in [0.25, 0.3) is 0 Å². The Kier molecular flexibility index (Phi) is 5.23. The molecule has 1 atom stereocenters. The van der Waals surface area contributed by atoms with Gasteiger partial charge in [-0.1, -0.05) is 6.92 Å². The summed E-state index contributed by atoms with van der Waals surface area (Å²) >= 11 is 0. The highest BCUT2D eigenvalue weighted by molar-refractivity contribution is 5.95. The molecule has 116 valence electrons. The zero-order valence-corrected chi connectivity index (χ0v) is 10.6. The predicted molar refractivity (Wildman–Crippen MR) is 60.0 cm³/mol. The number of hydrogen-bond acceptors (Lipinski definition) is 2. The van der Waals surface area contributed by atoms with Crippen LogP contribution in [0.2, 0.25) is 0 Å². The van der Waals surface area contributed by atoms with Crippen molar-refractivity contribution in [1.29, 1.82) is 0 Å². The highest BCUT2D eigenvalue weighted by Crippen LogP contribution is 2.23. The van der Waals surface area contributed by atoms with Crippen LogP contribution in [0.15, 0.2) is 0 Å². The van der Waals surface area contributed by atoms with Gasteiger partial charge in [0.15, 0.2) is 23.3 Å². The third-order valence-corrected chi connectivity index (χ3v) is 2.69. The molecule has 0 spiro atoms. The minimum absolute atomic E-state index is 0.0907. The Hall–Kier alpha value is -2.19. The van der Waals surface area contributed by atoms with Crippen LogP contribution in [0.3, 0.4) is 0 Å². The van der Waals surface area contributed by atoms with E-state index in [1.54, 1.807) is 0 Å². The van der Waals surface area contributed by atoms with Gasteiger partial charge >= 0.3 is 5.97 Å². The van der Waals surface area contributed by atoms with Crippen molar-refractivity contribution in [3.63, 3.8) is 0 Å². The van der Waals surface area contributed by atoms with Crippen LogP contribution in [0.5, 0.6) is 0 Å². The van der Waals surface area contributed by atoms with Crippen LogP contribution in [0.1, 0.15) is 30.1 Å². The quantitative estimate of drug-likeness (QED) is 0.498. The van der Waals surface area contributed by atoms with Crippen molar-refractivity contribution in [3.8, 4) is 0 Å². The maximum absolute atomic E-state index is 13.4. The number of carbonyl (C=O) groups is 2. The van der Waals surface area contributed by atoms with E-state index in [4.69, 9.17) is 5.11 Å². The summed E-state index contributed by atoms with van der Waals surface area (Å²) in [5, 5.41) is 10.5. The van der Waals surface area contributed by atoms with Crippen molar-refractivity contribution >= 4 is 11.9 Å². The third kappa shape index (κ3) is 3.47. The monoisotopic (exact) mass is 311 g/mol. The van der Waals surface area contributed by atoms with Gasteiger partial charge in [-0.25, -0.2) is 22.0 Å². The molecular weight excluding hydrogens is 301 g/mol. The van der Waals surface area contributed by atoms with E-state index in [2.05, 4.69) is 0 Å². The average Bonchev–Trinajstić information content (AvgIpc) is 2.42. The molecule has 0 aromatic heterocycles. The van der Waals surface area contributed by atoms with Gasteiger partial charge in [0.05, 0.1) is 6.42 Å². The second-order valence-corrected chi connectivity index (χ2v) is 4.12. The van der Waals surface area contributed by atoms with E-state index in [1.807, 2.05) is 5.32 Å². The predicted octanol–water partition coefficient (Wildman–Crippen LogP) is 2.37.